The van der Waals surface area contributed by atoms with Crippen molar-refractivity contribution in [2.75, 3.05) is 12.3 Å². The van der Waals surface area contributed by atoms with Crippen molar-refractivity contribution in [1.82, 2.24) is 25.8 Å². The molecule has 8 nitrogen and oxygen atoms in total. The van der Waals surface area contributed by atoms with Crippen molar-refractivity contribution in [3.8, 4) is 0 Å². The Labute approximate surface area is 131 Å². The van der Waals surface area contributed by atoms with E-state index in [-0.39, 0.29) is 5.95 Å². The first kappa shape index (κ1) is 15.8. The normalized spacial score (nSPS) is 11.7. The van der Waals surface area contributed by atoms with E-state index in [1.807, 2.05) is 18.2 Å². The number of H-pyrrole nitrogens is 1. The quantitative estimate of drug-likeness (QED) is 0.610. The number of thioether (sulfide) groups is 1. The molecule has 0 saturated carbocycles. The van der Waals surface area contributed by atoms with E-state index in [1.165, 1.54) is 0 Å². The number of nitrogens with zero attached hydrogens (tertiary/aromatic N) is 2. The number of carbonyl (C=O) groups is 2. The Hall–Kier alpha value is -2.55. The fourth-order valence-corrected chi connectivity index (χ4v) is 2.62. The average molecular weight is 320 g/mol. The lowest BCUT2D eigenvalue weighted by Gasteiger charge is -2.14. The van der Waals surface area contributed by atoms with E-state index in [2.05, 4.69) is 25.8 Å². The molecular formula is C13H16N6O2S. The highest BCUT2D eigenvalue weighted by Gasteiger charge is 2.25. The first-order valence-corrected chi connectivity index (χ1v) is 7.46. The number of nitrogens with one attached hydrogen (secondary N) is 3. The lowest BCUT2D eigenvalue weighted by molar-refractivity contribution is -0.119. The molecule has 22 heavy (non-hydrogen) atoms. The van der Waals surface area contributed by atoms with Crippen LogP contribution in [0, 0.1) is 0 Å². The molecule has 0 bridgehead atoms. The number of nitrogen functional groups attached to an aromatic ring is 1. The molecular weight excluding hydrogens is 304 g/mol. The Balaban J connectivity index is 2.18. The van der Waals surface area contributed by atoms with Crippen molar-refractivity contribution >= 4 is 29.6 Å². The largest absolute Gasteiger partial charge is 0.368 e. The number of hydrogen-bond acceptors (Lipinski definition) is 6. The fourth-order valence-electron chi connectivity index (χ4n) is 1.70. The smallest absolute Gasteiger partial charge is 0.321 e. The summed E-state index contributed by atoms with van der Waals surface area (Å²) >= 11 is 1.11. The molecule has 0 aliphatic carbocycles. The third-order valence-electron chi connectivity index (χ3n) is 2.62. The summed E-state index contributed by atoms with van der Waals surface area (Å²) in [6.45, 7) is 2.20. The average Bonchev–Trinajstić information content (AvgIpc) is 2.91. The molecule has 0 saturated heterocycles. The van der Waals surface area contributed by atoms with E-state index in [0.717, 1.165) is 17.3 Å². The predicted octanol–water partition coefficient (Wildman–Crippen LogP) is 1.07. The Kier molecular flexibility index (Phi) is 5.37. The highest BCUT2D eigenvalue weighted by Crippen LogP contribution is 2.33. The summed E-state index contributed by atoms with van der Waals surface area (Å²) < 4.78 is 0. The minimum Gasteiger partial charge on any atom is -0.368 e. The lowest BCUT2D eigenvalue weighted by atomic mass is 10.1. The Morgan fingerprint density at radius 1 is 1.36 bits per heavy atom. The van der Waals surface area contributed by atoms with Crippen LogP contribution >= 0.6 is 11.8 Å². The van der Waals surface area contributed by atoms with Gasteiger partial charge in [0.1, 0.15) is 5.25 Å². The van der Waals surface area contributed by atoms with Crippen molar-refractivity contribution in [3.05, 3.63) is 35.9 Å². The zero-order valence-corrected chi connectivity index (χ0v) is 12.7. The second-order valence-corrected chi connectivity index (χ2v) is 5.33. The van der Waals surface area contributed by atoms with Crippen molar-refractivity contribution < 1.29 is 9.59 Å². The van der Waals surface area contributed by atoms with Crippen LogP contribution in [0.2, 0.25) is 0 Å². The van der Waals surface area contributed by atoms with Crippen LogP contribution in [0.15, 0.2) is 35.5 Å². The second kappa shape index (κ2) is 7.46. The molecule has 1 aromatic carbocycles. The van der Waals surface area contributed by atoms with Crippen LogP contribution in [0.4, 0.5) is 10.7 Å². The van der Waals surface area contributed by atoms with E-state index >= 15 is 0 Å². The van der Waals surface area contributed by atoms with E-state index in [9.17, 15) is 9.59 Å². The van der Waals surface area contributed by atoms with Crippen LogP contribution in [0.25, 0.3) is 0 Å². The van der Waals surface area contributed by atoms with Crippen molar-refractivity contribution in [3.63, 3.8) is 0 Å². The van der Waals surface area contributed by atoms with Crippen LogP contribution in [0.5, 0.6) is 0 Å². The third-order valence-corrected chi connectivity index (χ3v) is 3.74. The number of anilines is 1. The van der Waals surface area contributed by atoms with Crippen molar-refractivity contribution in [2.45, 2.75) is 17.3 Å². The predicted molar refractivity (Wildman–Crippen MR) is 83.1 cm³/mol. The molecule has 1 aromatic heterocycles. The minimum absolute atomic E-state index is 0.165. The fraction of sp³-hybridized carbons (Fsp3) is 0.231. The maximum Gasteiger partial charge on any atom is 0.321 e. The summed E-state index contributed by atoms with van der Waals surface area (Å²) in [5.41, 5.74) is 6.22. The SMILES string of the molecule is CCNC(=O)NC(=O)C(Sc1n[nH]c(N)n1)c1ccccc1. The lowest BCUT2D eigenvalue weighted by Crippen LogP contribution is -2.41. The molecule has 1 heterocycles. The number of benzene rings is 1. The van der Waals surface area contributed by atoms with Gasteiger partial charge in [-0.05, 0) is 12.5 Å². The molecule has 0 spiro atoms. The van der Waals surface area contributed by atoms with Gasteiger partial charge in [0, 0.05) is 6.54 Å². The number of imide groups is 1. The van der Waals surface area contributed by atoms with E-state index in [4.69, 9.17) is 5.73 Å². The van der Waals surface area contributed by atoms with E-state index in [1.54, 1.807) is 19.1 Å². The summed E-state index contributed by atoms with van der Waals surface area (Å²) in [4.78, 5) is 27.9. The highest BCUT2D eigenvalue weighted by atomic mass is 32.2. The first-order valence-electron chi connectivity index (χ1n) is 6.58. The summed E-state index contributed by atoms with van der Waals surface area (Å²) in [5.74, 6) is -0.288. The van der Waals surface area contributed by atoms with Crippen LogP contribution < -0.4 is 16.4 Å². The highest BCUT2D eigenvalue weighted by molar-refractivity contribution is 8.00. The molecule has 2 rings (SSSR count). The van der Waals surface area contributed by atoms with Crippen LogP contribution in [-0.4, -0.2) is 33.7 Å². The number of carbonyl (C=O) groups excluding carboxylic acids is 2. The number of rotatable bonds is 5. The van der Waals surface area contributed by atoms with Crippen molar-refractivity contribution in [2.24, 2.45) is 0 Å². The monoisotopic (exact) mass is 320 g/mol. The Morgan fingerprint density at radius 3 is 2.68 bits per heavy atom. The molecule has 0 aliphatic rings. The molecule has 2 aromatic rings. The van der Waals surface area contributed by atoms with Crippen LogP contribution in [0.3, 0.4) is 0 Å². The van der Waals surface area contributed by atoms with Gasteiger partial charge in [0.2, 0.25) is 17.0 Å². The molecule has 1 unspecified atom stereocenters. The topological polar surface area (TPSA) is 126 Å². The summed E-state index contributed by atoms with van der Waals surface area (Å²) in [6, 6.07) is 8.53. The number of aromatic nitrogens is 3. The van der Waals surface area contributed by atoms with Gasteiger partial charge >= 0.3 is 6.03 Å². The van der Waals surface area contributed by atoms with Gasteiger partial charge in [0.05, 0.1) is 0 Å². The minimum atomic E-state index is -0.668. The van der Waals surface area contributed by atoms with Gasteiger partial charge in [0.25, 0.3) is 0 Å². The first-order chi connectivity index (χ1) is 10.6. The second-order valence-electron chi connectivity index (χ2n) is 4.26. The van der Waals surface area contributed by atoms with Gasteiger partial charge in [-0.15, -0.1) is 5.10 Å². The summed E-state index contributed by atoms with van der Waals surface area (Å²) in [5, 5.41) is 10.9. The third kappa shape index (κ3) is 4.22. The molecule has 0 radical (unpaired) electrons. The van der Waals surface area contributed by atoms with Gasteiger partial charge in [-0.1, -0.05) is 42.1 Å². The number of urea groups is 1. The van der Waals surface area contributed by atoms with E-state index in [0.29, 0.717) is 11.7 Å². The Morgan fingerprint density at radius 2 is 2.09 bits per heavy atom. The Bertz CT molecular complexity index is 645. The number of hydrogen-bond donors (Lipinski definition) is 4. The zero-order valence-electron chi connectivity index (χ0n) is 11.9. The molecule has 0 aliphatic heterocycles. The molecule has 116 valence electrons. The van der Waals surface area contributed by atoms with Gasteiger partial charge < -0.3 is 11.1 Å². The molecule has 5 N–H and O–H groups in total. The molecule has 9 heteroatoms. The zero-order chi connectivity index (χ0) is 15.9. The number of aromatic amines is 1. The summed E-state index contributed by atoms with van der Waals surface area (Å²) in [7, 11) is 0. The van der Waals surface area contributed by atoms with Crippen LogP contribution in [-0.2, 0) is 4.79 Å². The van der Waals surface area contributed by atoms with Crippen molar-refractivity contribution in [1.29, 1.82) is 0 Å². The molecule has 3 amide bonds. The van der Waals surface area contributed by atoms with Gasteiger partial charge in [-0.25, -0.2) is 9.89 Å². The molecule has 1 atom stereocenters. The van der Waals surface area contributed by atoms with Crippen LogP contribution in [0.1, 0.15) is 17.7 Å². The van der Waals surface area contributed by atoms with Gasteiger partial charge in [-0.2, -0.15) is 4.98 Å². The van der Waals surface area contributed by atoms with Gasteiger partial charge in [0.15, 0.2) is 0 Å². The molecule has 0 fully saturated rings. The maximum atomic E-state index is 12.4. The number of nitrogens with two attached hydrogens (primary N) is 1. The summed E-state index contributed by atoms with van der Waals surface area (Å²) in [6.07, 6.45) is 0. The maximum absolute atomic E-state index is 12.4. The number of amides is 3. The van der Waals surface area contributed by atoms with Gasteiger partial charge in [-0.3, -0.25) is 10.1 Å². The standard InChI is InChI=1S/C13H16N6O2S/c1-2-15-12(21)16-10(20)9(8-6-4-3-5-7-8)22-13-17-11(14)18-19-13/h3-7,9H,2H2,1H3,(H3,14,17,18,19)(H2,15,16,20,21). The van der Waals surface area contributed by atoms with E-state index < -0.39 is 17.2 Å².